The van der Waals surface area contributed by atoms with Crippen LogP contribution in [-0.4, -0.2) is 31.6 Å². The van der Waals surface area contributed by atoms with E-state index < -0.39 is 6.17 Å². The van der Waals surface area contributed by atoms with Gasteiger partial charge in [-0.2, -0.15) is 0 Å². The van der Waals surface area contributed by atoms with Crippen LogP contribution in [0.4, 0.5) is 5.69 Å². The van der Waals surface area contributed by atoms with Crippen LogP contribution in [0.5, 0.6) is 5.75 Å². The van der Waals surface area contributed by atoms with Crippen LogP contribution >= 0.6 is 0 Å². The first-order valence-corrected chi connectivity index (χ1v) is 9.40. The van der Waals surface area contributed by atoms with Crippen molar-refractivity contribution in [2.24, 2.45) is 10.7 Å². The molecule has 0 aromatic heterocycles. The van der Waals surface area contributed by atoms with Crippen LogP contribution < -0.4 is 20.7 Å². The van der Waals surface area contributed by atoms with Crippen molar-refractivity contribution in [3.05, 3.63) is 64.9 Å². The fourth-order valence-corrected chi connectivity index (χ4v) is 3.15. The van der Waals surface area contributed by atoms with Gasteiger partial charge in [0.25, 0.3) is 5.91 Å². The summed E-state index contributed by atoms with van der Waals surface area (Å²) in [6.07, 6.45) is 5.40. The van der Waals surface area contributed by atoms with Gasteiger partial charge in [0.05, 0.1) is 19.1 Å². The molecule has 6 heteroatoms. The molecule has 0 spiro atoms. The molecule has 144 valence electrons. The molecular weight excluding hydrogens is 352 g/mol. The first-order chi connectivity index (χ1) is 13.5. The molecule has 0 radical (unpaired) electrons. The topological polar surface area (TPSA) is 80.0 Å². The molecule has 1 unspecified atom stereocenters. The minimum absolute atomic E-state index is 0.0394. The molecule has 3 N–H and O–H groups in total. The van der Waals surface area contributed by atoms with Crippen LogP contribution in [-0.2, 0) is 0 Å². The van der Waals surface area contributed by atoms with Crippen molar-refractivity contribution < 1.29 is 9.53 Å². The fourth-order valence-electron chi connectivity index (χ4n) is 3.15. The predicted molar refractivity (Wildman–Crippen MR) is 112 cm³/mol. The number of nitrogens with zero attached hydrogens (tertiary/aromatic N) is 2. The van der Waals surface area contributed by atoms with E-state index in [1.165, 1.54) is 0 Å². The lowest BCUT2D eigenvalue weighted by Crippen LogP contribution is -2.38. The normalized spacial score (nSPS) is 19.9. The minimum atomic E-state index is -0.414. The lowest BCUT2D eigenvalue weighted by molar-refractivity contribution is 0.0951. The summed E-state index contributed by atoms with van der Waals surface area (Å²) in [5, 5.41) is 3.03. The standard InChI is InChI=1S/C22H24N4O2/c1-14-3-6-16(22(27)25-17-7-8-17)12-20(14)26-13-24-19(21(26)23)11-15-4-9-18(28-2)10-5-15/h3-6,9-13,17,21H,7-8,23H2,1-2H3,(H,25,27). The summed E-state index contributed by atoms with van der Waals surface area (Å²) in [4.78, 5) is 18.8. The van der Waals surface area contributed by atoms with Crippen molar-refractivity contribution in [1.82, 2.24) is 5.32 Å². The van der Waals surface area contributed by atoms with Gasteiger partial charge in [0.2, 0.25) is 0 Å². The van der Waals surface area contributed by atoms with Gasteiger partial charge in [0, 0.05) is 17.3 Å². The number of amides is 1. The Morgan fingerprint density at radius 1 is 1.25 bits per heavy atom. The molecule has 4 rings (SSSR count). The molecule has 2 aromatic rings. The maximum atomic E-state index is 12.4. The number of nitrogens with two attached hydrogens (primary N) is 1. The summed E-state index contributed by atoms with van der Waals surface area (Å²) in [7, 11) is 1.64. The van der Waals surface area contributed by atoms with E-state index in [1.807, 2.05) is 60.4 Å². The van der Waals surface area contributed by atoms with Crippen molar-refractivity contribution in [2.45, 2.75) is 32.0 Å². The highest BCUT2D eigenvalue weighted by Crippen LogP contribution is 2.28. The molecule has 2 aliphatic rings. The van der Waals surface area contributed by atoms with Crippen LogP contribution in [0.1, 0.15) is 34.3 Å². The minimum Gasteiger partial charge on any atom is -0.497 e. The average molecular weight is 376 g/mol. The second-order valence-corrected chi connectivity index (χ2v) is 7.19. The van der Waals surface area contributed by atoms with E-state index in [0.717, 1.165) is 41.1 Å². The summed E-state index contributed by atoms with van der Waals surface area (Å²) in [5.41, 5.74) is 10.8. The number of carbonyl (C=O) groups is 1. The molecule has 28 heavy (non-hydrogen) atoms. The number of nitrogens with one attached hydrogen (secondary N) is 1. The Morgan fingerprint density at radius 2 is 2.00 bits per heavy atom. The van der Waals surface area contributed by atoms with E-state index in [0.29, 0.717) is 11.6 Å². The van der Waals surface area contributed by atoms with Crippen molar-refractivity contribution in [1.29, 1.82) is 0 Å². The summed E-state index contributed by atoms with van der Waals surface area (Å²) in [5.74, 6) is 0.766. The third-order valence-electron chi connectivity index (χ3n) is 5.03. The van der Waals surface area contributed by atoms with Crippen molar-refractivity contribution in [3.8, 4) is 5.75 Å². The largest absolute Gasteiger partial charge is 0.497 e. The lowest BCUT2D eigenvalue weighted by Gasteiger charge is -2.23. The van der Waals surface area contributed by atoms with Gasteiger partial charge in [-0.15, -0.1) is 0 Å². The predicted octanol–water partition coefficient (Wildman–Crippen LogP) is 3.07. The van der Waals surface area contributed by atoms with Crippen LogP contribution in [0.15, 0.2) is 53.2 Å². The van der Waals surface area contributed by atoms with Crippen molar-refractivity contribution >= 4 is 24.0 Å². The van der Waals surface area contributed by atoms with Gasteiger partial charge in [-0.3, -0.25) is 4.79 Å². The number of methoxy groups -OCH3 is 1. The maximum absolute atomic E-state index is 12.4. The highest BCUT2D eigenvalue weighted by atomic mass is 16.5. The van der Waals surface area contributed by atoms with Crippen LogP contribution in [0.25, 0.3) is 6.08 Å². The third-order valence-corrected chi connectivity index (χ3v) is 5.03. The second-order valence-electron chi connectivity index (χ2n) is 7.19. The van der Waals surface area contributed by atoms with Gasteiger partial charge in [-0.05, 0) is 61.2 Å². The zero-order valence-electron chi connectivity index (χ0n) is 16.1. The van der Waals surface area contributed by atoms with Gasteiger partial charge in [-0.1, -0.05) is 18.2 Å². The molecule has 1 saturated carbocycles. The summed E-state index contributed by atoms with van der Waals surface area (Å²) in [6.45, 7) is 2.00. The Balaban J connectivity index is 1.55. The monoisotopic (exact) mass is 376 g/mol. The van der Waals surface area contributed by atoms with Crippen LogP contribution in [0.2, 0.25) is 0 Å². The Kier molecular flexibility index (Phi) is 4.88. The summed E-state index contributed by atoms with van der Waals surface area (Å²) < 4.78 is 5.19. The quantitative estimate of drug-likeness (QED) is 0.840. The zero-order valence-corrected chi connectivity index (χ0v) is 16.1. The van der Waals surface area contributed by atoms with Crippen molar-refractivity contribution in [2.75, 3.05) is 12.0 Å². The Labute approximate surface area is 164 Å². The molecule has 6 nitrogen and oxygen atoms in total. The van der Waals surface area contributed by atoms with Gasteiger partial charge in [-0.25, -0.2) is 4.99 Å². The highest BCUT2D eigenvalue weighted by molar-refractivity contribution is 5.97. The molecule has 1 aliphatic carbocycles. The number of benzene rings is 2. The number of hydrogen-bond donors (Lipinski definition) is 2. The second kappa shape index (κ2) is 7.48. The smallest absolute Gasteiger partial charge is 0.251 e. The molecule has 1 amide bonds. The Bertz CT molecular complexity index is 946. The molecule has 0 bridgehead atoms. The Morgan fingerprint density at radius 3 is 2.68 bits per heavy atom. The first-order valence-electron chi connectivity index (χ1n) is 9.40. The molecule has 1 atom stereocenters. The van der Waals surface area contributed by atoms with E-state index in [2.05, 4.69) is 10.3 Å². The SMILES string of the molecule is COc1ccc(C=C2N=CN(c3cc(C(=O)NC4CC4)ccc3C)C2N)cc1. The highest BCUT2D eigenvalue weighted by Gasteiger charge is 2.27. The van der Waals surface area contributed by atoms with Gasteiger partial charge in [0.15, 0.2) is 0 Å². The van der Waals surface area contributed by atoms with Gasteiger partial charge >= 0.3 is 0 Å². The van der Waals surface area contributed by atoms with E-state index in [-0.39, 0.29) is 5.91 Å². The third kappa shape index (κ3) is 3.77. The van der Waals surface area contributed by atoms with E-state index in [4.69, 9.17) is 10.5 Å². The molecule has 1 heterocycles. The number of aryl methyl sites for hydroxylation is 1. The number of aliphatic imine (C=N–C) groups is 1. The number of carbonyl (C=O) groups excluding carboxylic acids is 1. The van der Waals surface area contributed by atoms with Crippen LogP contribution in [0.3, 0.4) is 0 Å². The fraction of sp³-hybridized carbons (Fsp3) is 0.273. The number of hydrogen-bond acceptors (Lipinski definition) is 5. The molecule has 1 fully saturated rings. The maximum Gasteiger partial charge on any atom is 0.251 e. The zero-order chi connectivity index (χ0) is 19.7. The molecular formula is C22H24N4O2. The number of anilines is 1. The van der Waals surface area contributed by atoms with E-state index in [1.54, 1.807) is 13.4 Å². The van der Waals surface area contributed by atoms with Crippen LogP contribution in [0, 0.1) is 6.92 Å². The van der Waals surface area contributed by atoms with E-state index >= 15 is 0 Å². The first kappa shape index (κ1) is 18.3. The van der Waals surface area contributed by atoms with Gasteiger partial charge < -0.3 is 20.7 Å². The molecule has 1 aliphatic heterocycles. The summed E-state index contributed by atoms with van der Waals surface area (Å²) in [6, 6.07) is 13.7. The van der Waals surface area contributed by atoms with E-state index in [9.17, 15) is 4.79 Å². The summed E-state index contributed by atoms with van der Waals surface area (Å²) >= 11 is 0. The molecule has 0 saturated heterocycles. The molecule has 2 aromatic carbocycles. The Hall–Kier alpha value is -3.12. The number of rotatable bonds is 5. The van der Waals surface area contributed by atoms with Crippen molar-refractivity contribution in [3.63, 3.8) is 0 Å². The van der Waals surface area contributed by atoms with Gasteiger partial charge in [0.1, 0.15) is 11.9 Å². The average Bonchev–Trinajstić information content (AvgIpc) is 3.45. The lowest BCUT2D eigenvalue weighted by atomic mass is 10.1. The number of ether oxygens (including phenoxy) is 1.